The fourth-order valence-corrected chi connectivity index (χ4v) is 7.25. The molecule has 0 aliphatic rings. The van der Waals surface area contributed by atoms with Crippen LogP contribution in [0.4, 0.5) is 0 Å². The van der Waals surface area contributed by atoms with Gasteiger partial charge in [0.1, 0.15) is 19.8 Å². The van der Waals surface area contributed by atoms with Gasteiger partial charge >= 0.3 is 11.9 Å². The molecule has 11 nitrogen and oxygen atoms in total. The van der Waals surface area contributed by atoms with Gasteiger partial charge in [0.25, 0.3) is 7.82 Å². The highest BCUT2D eigenvalue weighted by Gasteiger charge is 2.22. The average Bonchev–Trinajstić information content (AvgIpc) is 3.22. The van der Waals surface area contributed by atoms with Gasteiger partial charge < -0.3 is 38.1 Å². The predicted octanol–water partition coefficient (Wildman–Crippen LogP) is 11.6. The Hall–Kier alpha value is -2.11. The van der Waals surface area contributed by atoms with E-state index in [1.807, 2.05) is 33.3 Å². The summed E-state index contributed by atoms with van der Waals surface area (Å²) < 4.78 is 33.8. The number of phosphoric ester groups is 1. The Morgan fingerprint density at radius 1 is 0.581 bits per heavy atom. The molecule has 0 saturated carbocycles. The molecule has 0 aromatic carbocycles. The monoisotopic (exact) mass is 898 g/mol. The first kappa shape index (κ1) is 59.9. The molecule has 0 heterocycles. The minimum absolute atomic E-state index is 0.0842. The summed E-state index contributed by atoms with van der Waals surface area (Å²) >= 11 is 0. The molecule has 0 rings (SSSR count). The minimum atomic E-state index is -4.71. The summed E-state index contributed by atoms with van der Waals surface area (Å²) in [6.45, 7) is 3.86. The smallest absolute Gasteiger partial charge is 0.306 e. The van der Waals surface area contributed by atoms with Crippen molar-refractivity contribution in [2.45, 2.75) is 212 Å². The number of allylic oxidation sites excluding steroid dienone is 7. The van der Waals surface area contributed by atoms with Crippen LogP contribution in [-0.4, -0.2) is 92.5 Å². The molecular weight excluding hydrogens is 806 g/mol. The summed E-state index contributed by atoms with van der Waals surface area (Å²) in [6, 6.07) is 0. The summed E-state index contributed by atoms with van der Waals surface area (Å²) in [7, 11) is 0.987. The van der Waals surface area contributed by atoms with Crippen LogP contribution in [0.1, 0.15) is 194 Å². The molecule has 0 aromatic rings. The maximum absolute atomic E-state index is 12.7. The number of nitrogens with zero attached hydrogens (tertiary/aromatic N) is 1. The molecule has 0 aliphatic heterocycles. The number of aliphatic hydroxyl groups is 2. The van der Waals surface area contributed by atoms with Crippen molar-refractivity contribution in [2.24, 2.45) is 0 Å². The lowest BCUT2D eigenvalue weighted by atomic mass is 10.0. The third kappa shape index (κ3) is 43.2. The number of hydrogen-bond acceptors (Lipinski definition) is 10. The molecule has 362 valence electrons. The quantitative estimate of drug-likeness (QED) is 0.0199. The third-order valence-corrected chi connectivity index (χ3v) is 11.5. The van der Waals surface area contributed by atoms with Crippen LogP contribution in [0.3, 0.4) is 0 Å². The van der Waals surface area contributed by atoms with E-state index < -0.39 is 44.7 Å². The molecule has 12 heteroatoms. The number of phosphoric acid groups is 1. The highest BCUT2D eigenvalue weighted by Crippen LogP contribution is 2.38. The lowest BCUT2D eigenvalue weighted by molar-refractivity contribution is -0.870. The fourth-order valence-electron chi connectivity index (χ4n) is 6.52. The van der Waals surface area contributed by atoms with Gasteiger partial charge in [-0.25, -0.2) is 0 Å². The van der Waals surface area contributed by atoms with Crippen LogP contribution in [0.2, 0.25) is 0 Å². The lowest BCUT2D eigenvalue weighted by Crippen LogP contribution is -2.37. The molecule has 0 aliphatic carbocycles. The van der Waals surface area contributed by atoms with Gasteiger partial charge in [0.15, 0.2) is 6.10 Å². The molecule has 0 fully saturated rings. The molecule has 2 N–H and O–H groups in total. The zero-order valence-corrected chi connectivity index (χ0v) is 40.9. The van der Waals surface area contributed by atoms with Gasteiger partial charge in [0.2, 0.25) is 0 Å². The molecular formula is C50H92NO10P. The third-order valence-electron chi connectivity index (χ3n) is 10.5. The Balaban J connectivity index is 4.51. The Morgan fingerprint density at radius 2 is 1.05 bits per heavy atom. The van der Waals surface area contributed by atoms with E-state index in [-0.39, 0.29) is 45.3 Å². The van der Waals surface area contributed by atoms with Crippen LogP contribution >= 0.6 is 7.82 Å². The topological polar surface area (TPSA) is 152 Å². The second kappa shape index (κ2) is 41.6. The van der Waals surface area contributed by atoms with Crippen molar-refractivity contribution in [1.82, 2.24) is 0 Å². The number of likely N-dealkylation sites (N-methyl/N-ethyl adjacent to an activating group) is 1. The second-order valence-corrected chi connectivity index (χ2v) is 19.2. The summed E-state index contributed by atoms with van der Waals surface area (Å²) in [6.07, 6.45) is 41.6. The summed E-state index contributed by atoms with van der Waals surface area (Å²) in [5.74, 6) is -1.12. The van der Waals surface area contributed by atoms with Crippen molar-refractivity contribution in [2.75, 3.05) is 47.5 Å². The molecule has 0 radical (unpaired) electrons. The van der Waals surface area contributed by atoms with Crippen molar-refractivity contribution in [1.29, 1.82) is 0 Å². The summed E-state index contributed by atoms with van der Waals surface area (Å²) in [4.78, 5) is 37.7. The Kier molecular flexibility index (Phi) is 40.2. The van der Waals surface area contributed by atoms with E-state index in [4.69, 9.17) is 18.5 Å². The minimum Gasteiger partial charge on any atom is -0.756 e. The number of unbranched alkanes of at least 4 members (excludes halogenated alkanes) is 18. The summed E-state index contributed by atoms with van der Waals surface area (Å²) in [5.41, 5.74) is 0. The lowest BCUT2D eigenvalue weighted by Gasteiger charge is -2.28. The maximum atomic E-state index is 12.7. The number of carbonyl (C=O) groups excluding carboxylic acids is 2. The molecule has 0 amide bonds. The van der Waals surface area contributed by atoms with E-state index in [0.717, 1.165) is 38.5 Å². The van der Waals surface area contributed by atoms with Gasteiger partial charge in [0.05, 0.1) is 40.0 Å². The average molecular weight is 898 g/mol. The largest absolute Gasteiger partial charge is 0.756 e. The first-order valence-electron chi connectivity index (χ1n) is 24.5. The van der Waals surface area contributed by atoms with Gasteiger partial charge in [-0.1, -0.05) is 152 Å². The van der Waals surface area contributed by atoms with Crippen LogP contribution < -0.4 is 4.89 Å². The van der Waals surface area contributed by atoms with Crippen molar-refractivity contribution < 1.29 is 52.3 Å². The summed E-state index contributed by atoms with van der Waals surface area (Å²) in [5, 5.41) is 20.8. The molecule has 0 aromatic heterocycles. The first-order chi connectivity index (χ1) is 29.8. The highest BCUT2D eigenvalue weighted by molar-refractivity contribution is 7.45. The number of esters is 2. The molecule has 0 spiro atoms. The highest BCUT2D eigenvalue weighted by atomic mass is 31.2. The first-order valence-corrected chi connectivity index (χ1v) is 26.0. The van der Waals surface area contributed by atoms with Crippen molar-refractivity contribution in [3.8, 4) is 0 Å². The zero-order chi connectivity index (χ0) is 46.0. The van der Waals surface area contributed by atoms with Crippen molar-refractivity contribution in [3.05, 3.63) is 48.6 Å². The van der Waals surface area contributed by atoms with Gasteiger partial charge in [-0.05, 0) is 77.0 Å². The zero-order valence-electron chi connectivity index (χ0n) is 40.0. The Labute approximate surface area is 379 Å². The normalized spacial score (nSPS) is 14.9. The number of ether oxygens (including phenoxy) is 2. The van der Waals surface area contributed by atoms with Crippen LogP contribution in [0.15, 0.2) is 48.6 Å². The van der Waals surface area contributed by atoms with E-state index in [1.54, 1.807) is 0 Å². The van der Waals surface area contributed by atoms with Gasteiger partial charge in [0, 0.05) is 12.8 Å². The SMILES string of the molecule is CCCCC/C=C\C/C=C\C/C=C\CC(O)C(O)CCCC(=O)O[C@H](COC(=O)CCCCCCCCCCC/C=C\CCCCCCCC)COP(=O)([O-])OCC[N+](C)(C)C. The van der Waals surface area contributed by atoms with E-state index >= 15 is 0 Å². The van der Waals surface area contributed by atoms with Gasteiger partial charge in [-0.3, -0.25) is 14.2 Å². The Morgan fingerprint density at radius 3 is 1.63 bits per heavy atom. The Bertz CT molecular complexity index is 1230. The second-order valence-electron chi connectivity index (χ2n) is 17.8. The maximum Gasteiger partial charge on any atom is 0.306 e. The number of hydrogen-bond donors (Lipinski definition) is 2. The van der Waals surface area contributed by atoms with Crippen molar-refractivity contribution in [3.63, 3.8) is 0 Å². The number of quaternary nitrogens is 1. The molecule has 0 saturated heterocycles. The van der Waals surface area contributed by atoms with Crippen LogP contribution in [0, 0.1) is 0 Å². The number of rotatable bonds is 44. The molecule has 4 atom stereocenters. The van der Waals surface area contributed by atoms with E-state index in [0.29, 0.717) is 17.4 Å². The predicted molar refractivity (Wildman–Crippen MR) is 252 cm³/mol. The van der Waals surface area contributed by atoms with Crippen LogP contribution in [0.5, 0.6) is 0 Å². The van der Waals surface area contributed by atoms with E-state index in [9.17, 15) is 29.3 Å². The van der Waals surface area contributed by atoms with E-state index in [2.05, 4.69) is 50.3 Å². The molecule has 0 bridgehead atoms. The van der Waals surface area contributed by atoms with Crippen LogP contribution in [-0.2, 0) is 32.7 Å². The number of aliphatic hydroxyl groups excluding tert-OH is 2. The van der Waals surface area contributed by atoms with E-state index in [1.165, 1.54) is 103 Å². The standard InChI is InChI=1S/C50H92NO10P/c1-6-8-10-12-14-16-18-20-21-22-23-24-25-26-28-30-32-34-36-40-49(54)58-44-46(45-60-62(56,57)59-43-42-51(3,4)5)61-50(55)41-37-39-48(53)47(52)38-35-33-31-29-27-19-17-15-13-11-9-7-2/h15,17,20-21,27,29,33,35,46-48,52-53H,6-14,16,18-19,22-26,28,30-32,34,36-45H2,1-5H3/b17-15-,21-20-,29-27-,35-33-/t46-,47?,48?/m1/s1. The molecule has 3 unspecified atom stereocenters. The fraction of sp³-hybridized carbons (Fsp3) is 0.800. The number of carbonyl (C=O) groups is 2. The van der Waals surface area contributed by atoms with Crippen molar-refractivity contribution >= 4 is 19.8 Å². The molecule has 62 heavy (non-hydrogen) atoms. The van der Waals surface area contributed by atoms with Crippen LogP contribution in [0.25, 0.3) is 0 Å². The van der Waals surface area contributed by atoms with Gasteiger partial charge in [-0.15, -0.1) is 0 Å². The van der Waals surface area contributed by atoms with Gasteiger partial charge in [-0.2, -0.15) is 0 Å².